The summed E-state index contributed by atoms with van der Waals surface area (Å²) in [6, 6.07) is 10.6. The van der Waals surface area contributed by atoms with Gasteiger partial charge in [-0.3, -0.25) is 9.79 Å². The van der Waals surface area contributed by atoms with Gasteiger partial charge in [0.15, 0.2) is 5.96 Å². The van der Waals surface area contributed by atoms with Crippen LogP contribution in [0.3, 0.4) is 0 Å². The van der Waals surface area contributed by atoms with Crippen LogP contribution in [0.15, 0.2) is 47.5 Å². The second-order valence-corrected chi connectivity index (χ2v) is 5.42. The predicted molar refractivity (Wildman–Crippen MR) is 110 cm³/mol. The first-order valence-corrected chi connectivity index (χ1v) is 7.73. The monoisotopic (exact) mass is 474 g/mol. The van der Waals surface area contributed by atoms with Crippen LogP contribution in [0.25, 0.3) is 0 Å². The molecule has 0 saturated carbocycles. The lowest BCUT2D eigenvalue weighted by Crippen LogP contribution is -2.41. The van der Waals surface area contributed by atoms with Gasteiger partial charge in [0.25, 0.3) is 0 Å². The molecule has 0 bridgehead atoms. The third-order valence-electron chi connectivity index (χ3n) is 3.44. The van der Waals surface area contributed by atoms with Crippen LogP contribution in [0, 0.1) is 18.6 Å². The summed E-state index contributed by atoms with van der Waals surface area (Å²) < 4.78 is 26.6. The predicted octanol–water partition coefficient (Wildman–Crippen LogP) is 3.19. The summed E-state index contributed by atoms with van der Waals surface area (Å²) in [5.74, 6) is -0.629. The van der Waals surface area contributed by atoms with E-state index in [1.165, 1.54) is 24.3 Å². The quantitative estimate of drug-likeness (QED) is 0.355. The van der Waals surface area contributed by atoms with E-state index in [4.69, 9.17) is 0 Å². The molecule has 0 fully saturated rings. The molecular formula is C18H21F2IN4O. The summed E-state index contributed by atoms with van der Waals surface area (Å²) in [4.78, 5) is 15.9. The number of guanidine groups is 1. The molecule has 140 valence electrons. The molecule has 0 aliphatic carbocycles. The summed E-state index contributed by atoms with van der Waals surface area (Å²) in [6.07, 6.45) is 0. The fraction of sp³-hybridized carbons (Fsp3) is 0.222. The highest BCUT2D eigenvalue weighted by Crippen LogP contribution is 2.09. The normalized spacial score (nSPS) is 10.7. The molecule has 26 heavy (non-hydrogen) atoms. The molecule has 0 aliphatic heterocycles. The van der Waals surface area contributed by atoms with Gasteiger partial charge in [-0.1, -0.05) is 18.2 Å². The van der Waals surface area contributed by atoms with Crippen molar-refractivity contribution < 1.29 is 13.6 Å². The minimum Gasteiger partial charge on any atom is -0.352 e. The van der Waals surface area contributed by atoms with Gasteiger partial charge in [0.1, 0.15) is 11.6 Å². The average molecular weight is 474 g/mol. The van der Waals surface area contributed by atoms with Crippen molar-refractivity contribution in [1.29, 1.82) is 0 Å². The summed E-state index contributed by atoms with van der Waals surface area (Å²) in [5, 5.41) is 8.41. The van der Waals surface area contributed by atoms with E-state index in [0.717, 1.165) is 5.56 Å². The number of aliphatic imine (C=N–C) groups is 1. The molecule has 0 radical (unpaired) electrons. The van der Waals surface area contributed by atoms with Gasteiger partial charge >= 0.3 is 0 Å². The maximum Gasteiger partial charge on any atom is 0.243 e. The molecule has 5 nitrogen and oxygen atoms in total. The van der Waals surface area contributed by atoms with Gasteiger partial charge in [0.05, 0.1) is 6.54 Å². The molecule has 2 rings (SSSR count). The third-order valence-corrected chi connectivity index (χ3v) is 3.44. The van der Waals surface area contributed by atoms with Crippen LogP contribution >= 0.6 is 24.0 Å². The molecule has 0 saturated heterocycles. The SMILES string of the molecule is CN=C(NCC(=O)Nc1cccc(F)c1)NCc1ccc(C)c(F)c1.I. The van der Waals surface area contributed by atoms with E-state index >= 15 is 0 Å². The van der Waals surface area contributed by atoms with Gasteiger partial charge in [-0.25, -0.2) is 8.78 Å². The molecule has 0 heterocycles. The number of nitrogens with one attached hydrogen (secondary N) is 3. The molecule has 1 amide bonds. The van der Waals surface area contributed by atoms with Crippen LogP contribution < -0.4 is 16.0 Å². The minimum absolute atomic E-state index is 0. The molecule has 3 N–H and O–H groups in total. The first-order chi connectivity index (χ1) is 12.0. The van der Waals surface area contributed by atoms with Gasteiger partial charge in [0, 0.05) is 19.3 Å². The number of carbonyl (C=O) groups excluding carboxylic acids is 1. The first kappa shape index (κ1) is 21.8. The maximum atomic E-state index is 13.5. The summed E-state index contributed by atoms with van der Waals surface area (Å²) in [5.41, 5.74) is 1.72. The van der Waals surface area contributed by atoms with Crippen molar-refractivity contribution in [2.75, 3.05) is 18.9 Å². The number of aryl methyl sites for hydroxylation is 1. The summed E-state index contributed by atoms with van der Waals surface area (Å²) >= 11 is 0. The maximum absolute atomic E-state index is 13.5. The fourth-order valence-corrected chi connectivity index (χ4v) is 2.09. The number of anilines is 1. The Bertz CT molecular complexity index is 784. The highest BCUT2D eigenvalue weighted by atomic mass is 127. The topological polar surface area (TPSA) is 65.5 Å². The van der Waals surface area contributed by atoms with Crippen LogP contribution in [0.4, 0.5) is 14.5 Å². The molecule has 0 unspecified atom stereocenters. The van der Waals surface area contributed by atoms with E-state index in [1.807, 2.05) is 6.07 Å². The molecule has 8 heteroatoms. The van der Waals surface area contributed by atoms with E-state index in [0.29, 0.717) is 23.8 Å². The average Bonchev–Trinajstić information content (AvgIpc) is 2.58. The van der Waals surface area contributed by atoms with Gasteiger partial charge < -0.3 is 16.0 Å². The van der Waals surface area contributed by atoms with E-state index < -0.39 is 5.82 Å². The van der Waals surface area contributed by atoms with Crippen LogP contribution in [0.5, 0.6) is 0 Å². The van der Waals surface area contributed by atoms with Crippen molar-refractivity contribution in [2.24, 2.45) is 4.99 Å². The van der Waals surface area contributed by atoms with Crippen LogP contribution in [-0.2, 0) is 11.3 Å². The number of hydrogen-bond acceptors (Lipinski definition) is 2. The molecular weight excluding hydrogens is 453 g/mol. The second kappa shape index (κ2) is 10.7. The zero-order chi connectivity index (χ0) is 18.2. The Kier molecular flexibility index (Phi) is 8.97. The molecule has 2 aromatic rings. The highest BCUT2D eigenvalue weighted by molar-refractivity contribution is 14.0. The van der Waals surface area contributed by atoms with Crippen molar-refractivity contribution in [1.82, 2.24) is 10.6 Å². The van der Waals surface area contributed by atoms with Crippen molar-refractivity contribution in [3.63, 3.8) is 0 Å². The Hall–Kier alpha value is -2.23. The lowest BCUT2D eigenvalue weighted by Gasteiger charge is -2.12. The largest absolute Gasteiger partial charge is 0.352 e. The van der Waals surface area contributed by atoms with Crippen LogP contribution in [0.2, 0.25) is 0 Å². The molecule has 0 aromatic heterocycles. The lowest BCUT2D eigenvalue weighted by atomic mass is 10.1. The zero-order valence-corrected chi connectivity index (χ0v) is 16.8. The Morgan fingerprint density at radius 1 is 1.12 bits per heavy atom. The number of amides is 1. The lowest BCUT2D eigenvalue weighted by molar-refractivity contribution is -0.115. The smallest absolute Gasteiger partial charge is 0.243 e. The molecule has 0 aliphatic rings. The zero-order valence-electron chi connectivity index (χ0n) is 14.5. The summed E-state index contributed by atoms with van der Waals surface area (Å²) in [7, 11) is 1.57. The van der Waals surface area contributed by atoms with Gasteiger partial charge in [-0.2, -0.15) is 0 Å². The first-order valence-electron chi connectivity index (χ1n) is 7.73. The fourth-order valence-electron chi connectivity index (χ4n) is 2.09. The third kappa shape index (κ3) is 6.95. The van der Waals surface area contributed by atoms with Gasteiger partial charge in [0.2, 0.25) is 5.91 Å². The van der Waals surface area contributed by atoms with Crippen molar-refractivity contribution in [2.45, 2.75) is 13.5 Å². The number of benzene rings is 2. The van der Waals surface area contributed by atoms with E-state index in [2.05, 4.69) is 20.9 Å². The summed E-state index contributed by atoms with van der Waals surface area (Å²) in [6.45, 7) is 2.02. The number of hydrogen-bond donors (Lipinski definition) is 3. The Morgan fingerprint density at radius 2 is 1.88 bits per heavy atom. The Morgan fingerprint density at radius 3 is 2.54 bits per heavy atom. The standard InChI is InChI=1S/C18H20F2N4O.HI/c1-12-6-7-13(8-16(12)20)10-22-18(21-2)23-11-17(25)24-15-5-3-4-14(19)9-15;/h3-9H,10-11H2,1-2H3,(H,24,25)(H2,21,22,23);1H. The minimum atomic E-state index is -0.423. The van der Waals surface area contributed by atoms with Crippen molar-refractivity contribution in [3.05, 3.63) is 65.2 Å². The highest BCUT2D eigenvalue weighted by Gasteiger charge is 2.06. The Balaban J connectivity index is 0.00000338. The number of nitrogens with zero attached hydrogens (tertiary/aromatic N) is 1. The van der Waals surface area contributed by atoms with E-state index in [1.54, 1.807) is 26.1 Å². The number of carbonyl (C=O) groups is 1. The van der Waals surface area contributed by atoms with Crippen molar-refractivity contribution in [3.8, 4) is 0 Å². The number of rotatable bonds is 5. The van der Waals surface area contributed by atoms with E-state index in [-0.39, 0.29) is 42.2 Å². The van der Waals surface area contributed by atoms with E-state index in [9.17, 15) is 13.6 Å². The van der Waals surface area contributed by atoms with Gasteiger partial charge in [-0.15, -0.1) is 24.0 Å². The molecule has 2 aromatic carbocycles. The van der Waals surface area contributed by atoms with Crippen LogP contribution in [-0.4, -0.2) is 25.5 Å². The van der Waals surface area contributed by atoms with Crippen molar-refractivity contribution >= 4 is 41.5 Å². The Labute approximate surface area is 168 Å². The second-order valence-electron chi connectivity index (χ2n) is 5.42. The molecule has 0 spiro atoms. The molecule has 0 atom stereocenters. The van der Waals surface area contributed by atoms with Gasteiger partial charge in [-0.05, 0) is 42.3 Å². The number of halogens is 3. The van der Waals surface area contributed by atoms with Crippen LogP contribution in [0.1, 0.15) is 11.1 Å².